The molecule has 0 amide bonds. The molecule has 2 aliphatic rings. The number of thioether (sulfide) groups is 1. The highest BCUT2D eigenvalue weighted by Gasteiger charge is 2.25. The van der Waals surface area contributed by atoms with Gasteiger partial charge in [0.15, 0.2) is 5.76 Å². The highest BCUT2D eigenvalue weighted by atomic mass is 32.2. The van der Waals surface area contributed by atoms with Crippen LogP contribution < -0.4 is 4.74 Å². The first-order valence-corrected chi connectivity index (χ1v) is 6.22. The number of benzene rings is 1. The standard InChI is InChI=1S/C14H10O2S/c15-14-13(10-6-2-1-3-7-10)16-11-8-4-5-9-12(11)17-14/h2-9H,1H2. The van der Waals surface area contributed by atoms with Crippen LogP contribution in [-0.4, -0.2) is 5.12 Å². The van der Waals surface area contributed by atoms with Crippen LogP contribution in [0.3, 0.4) is 0 Å². The first kappa shape index (κ1) is 10.4. The number of fused-ring (bicyclic) bond motifs is 1. The van der Waals surface area contributed by atoms with Crippen LogP contribution in [0.2, 0.25) is 0 Å². The topological polar surface area (TPSA) is 26.3 Å². The van der Waals surface area contributed by atoms with Gasteiger partial charge in [-0.3, -0.25) is 4.79 Å². The van der Waals surface area contributed by atoms with Gasteiger partial charge in [0, 0.05) is 5.57 Å². The van der Waals surface area contributed by atoms with Crippen LogP contribution >= 0.6 is 11.8 Å². The lowest BCUT2D eigenvalue weighted by atomic mass is 10.1. The van der Waals surface area contributed by atoms with E-state index in [-0.39, 0.29) is 5.12 Å². The van der Waals surface area contributed by atoms with Crippen molar-refractivity contribution in [1.82, 2.24) is 0 Å². The van der Waals surface area contributed by atoms with Crippen LogP contribution in [0.15, 0.2) is 64.8 Å². The summed E-state index contributed by atoms with van der Waals surface area (Å²) in [4.78, 5) is 12.8. The predicted molar refractivity (Wildman–Crippen MR) is 67.9 cm³/mol. The summed E-state index contributed by atoms with van der Waals surface area (Å²) in [5, 5.41) is -0.0325. The molecule has 0 unspecified atom stereocenters. The molecule has 1 aliphatic heterocycles. The molecule has 0 radical (unpaired) electrons. The first-order chi connectivity index (χ1) is 8.34. The molecule has 1 heterocycles. The Labute approximate surface area is 104 Å². The van der Waals surface area contributed by atoms with Crippen molar-refractivity contribution in [3.63, 3.8) is 0 Å². The third-order valence-corrected chi connectivity index (χ3v) is 3.51. The molecule has 0 fully saturated rings. The van der Waals surface area contributed by atoms with Crippen molar-refractivity contribution in [2.45, 2.75) is 11.3 Å². The Bertz CT molecular complexity index is 553. The largest absolute Gasteiger partial charge is 0.451 e. The molecule has 3 rings (SSSR count). The molecule has 0 atom stereocenters. The average molecular weight is 242 g/mol. The molecule has 0 saturated heterocycles. The summed E-state index contributed by atoms with van der Waals surface area (Å²) in [5.41, 5.74) is 0.850. The van der Waals surface area contributed by atoms with Gasteiger partial charge in [-0.15, -0.1) is 0 Å². The summed E-state index contributed by atoms with van der Waals surface area (Å²) in [6.45, 7) is 0. The molecule has 17 heavy (non-hydrogen) atoms. The fraction of sp³-hybridized carbons (Fsp3) is 0.0714. The van der Waals surface area contributed by atoms with Gasteiger partial charge in [-0.05, 0) is 30.3 Å². The van der Waals surface area contributed by atoms with Gasteiger partial charge in [0.05, 0.1) is 4.90 Å². The van der Waals surface area contributed by atoms with Crippen molar-refractivity contribution in [1.29, 1.82) is 0 Å². The van der Waals surface area contributed by atoms with E-state index in [0.717, 1.165) is 22.6 Å². The van der Waals surface area contributed by atoms with Gasteiger partial charge >= 0.3 is 0 Å². The molecule has 0 spiro atoms. The highest BCUT2D eigenvalue weighted by molar-refractivity contribution is 8.14. The zero-order valence-corrected chi connectivity index (χ0v) is 9.87. The minimum Gasteiger partial charge on any atom is -0.451 e. The van der Waals surface area contributed by atoms with Crippen molar-refractivity contribution in [2.75, 3.05) is 0 Å². The van der Waals surface area contributed by atoms with Crippen LogP contribution in [0.1, 0.15) is 6.42 Å². The Morgan fingerprint density at radius 1 is 1.12 bits per heavy atom. The molecule has 0 N–H and O–H groups in total. The monoisotopic (exact) mass is 242 g/mol. The van der Waals surface area contributed by atoms with Crippen LogP contribution in [0.25, 0.3) is 0 Å². The number of carbonyl (C=O) groups excluding carboxylic acids is 1. The Morgan fingerprint density at radius 3 is 2.71 bits per heavy atom. The fourth-order valence-electron chi connectivity index (χ4n) is 1.77. The van der Waals surface area contributed by atoms with Gasteiger partial charge in [-0.1, -0.05) is 36.4 Å². The maximum atomic E-state index is 12.0. The van der Waals surface area contributed by atoms with E-state index >= 15 is 0 Å². The molecule has 0 saturated carbocycles. The van der Waals surface area contributed by atoms with Gasteiger partial charge in [-0.2, -0.15) is 0 Å². The zero-order chi connectivity index (χ0) is 11.7. The van der Waals surface area contributed by atoms with E-state index < -0.39 is 0 Å². The highest BCUT2D eigenvalue weighted by Crippen LogP contribution is 2.38. The van der Waals surface area contributed by atoms with Crippen LogP contribution in [0.4, 0.5) is 0 Å². The van der Waals surface area contributed by atoms with Crippen molar-refractivity contribution in [2.24, 2.45) is 0 Å². The SMILES string of the molecule is O=C1Sc2ccccc2OC1=C1C=CCC=C1. The molecule has 84 valence electrons. The smallest absolute Gasteiger partial charge is 0.260 e. The number of rotatable bonds is 0. The van der Waals surface area contributed by atoms with Gasteiger partial charge < -0.3 is 4.74 Å². The van der Waals surface area contributed by atoms with Gasteiger partial charge in [0.25, 0.3) is 5.12 Å². The quantitative estimate of drug-likeness (QED) is 0.652. The Morgan fingerprint density at radius 2 is 1.88 bits per heavy atom. The molecule has 1 aromatic carbocycles. The summed E-state index contributed by atoms with van der Waals surface area (Å²) in [7, 11) is 0. The molecule has 0 aromatic heterocycles. The minimum atomic E-state index is -0.0325. The van der Waals surface area contributed by atoms with Gasteiger partial charge in [-0.25, -0.2) is 0 Å². The number of ether oxygens (including phenoxy) is 1. The summed E-state index contributed by atoms with van der Waals surface area (Å²) >= 11 is 1.22. The molecule has 0 bridgehead atoms. The summed E-state index contributed by atoms with van der Waals surface area (Å²) < 4.78 is 5.69. The van der Waals surface area contributed by atoms with E-state index in [1.165, 1.54) is 11.8 Å². The van der Waals surface area contributed by atoms with E-state index in [1.807, 2.05) is 48.6 Å². The second-order valence-electron chi connectivity index (χ2n) is 3.76. The fourth-order valence-corrected chi connectivity index (χ4v) is 2.58. The van der Waals surface area contributed by atoms with E-state index in [9.17, 15) is 4.79 Å². The minimum absolute atomic E-state index is 0.0325. The van der Waals surface area contributed by atoms with Crippen molar-refractivity contribution >= 4 is 16.9 Å². The van der Waals surface area contributed by atoms with Crippen LogP contribution in [0.5, 0.6) is 5.75 Å². The maximum Gasteiger partial charge on any atom is 0.260 e. The van der Waals surface area contributed by atoms with Crippen LogP contribution in [-0.2, 0) is 4.79 Å². The van der Waals surface area contributed by atoms with Crippen molar-refractivity contribution < 1.29 is 9.53 Å². The number of allylic oxidation sites excluding steroid dienone is 5. The second-order valence-corrected chi connectivity index (χ2v) is 4.78. The lowest BCUT2D eigenvalue weighted by Crippen LogP contribution is -2.13. The lowest BCUT2D eigenvalue weighted by molar-refractivity contribution is -0.110. The second kappa shape index (κ2) is 4.26. The molecule has 1 aliphatic carbocycles. The third kappa shape index (κ3) is 1.94. The molecular formula is C14H10O2S. The van der Waals surface area contributed by atoms with Crippen LogP contribution in [0, 0.1) is 0 Å². The Balaban J connectivity index is 2.05. The average Bonchev–Trinajstić information content (AvgIpc) is 2.39. The Kier molecular flexibility index (Phi) is 2.61. The van der Waals surface area contributed by atoms with Crippen molar-refractivity contribution in [3.05, 3.63) is 59.9 Å². The third-order valence-electron chi connectivity index (χ3n) is 2.58. The summed E-state index contributed by atoms with van der Waals surface area (Å²) in [6, 6.07) is 7.59. The van der Waals surface area contributed by atoms with E-state index in [0.29, 0.717) is 5.76 Å². The van der Waals surface area contributed by atoms with Gasteiger partial charge in [0.1, 0.15) is 5.75 Å². The first-order valence-electron chi connectivity index (χ1n) is 5.41. The molecule has 3 heteroatoms. The van der Waals surface area contributed by atoms with E-state index in [2.05, 4.69) is 0 Å². The van der Waals surface area contributed by atoms with E-state index in [4.69, 9.17) is 4.74 Å². The maximum absolute atomic E-state index is 12.0. The predicted octanol–water partition coefficient (Wildman–Crippen LogP) is 3.47. The lowest BCUT2D eigenvalue weighted by Gasteiger charge is -2.19. The van der Waals surface area contributed by atoms with E-state index in [1.54, 1.807) is 0 Å². The molecule has 1 aromatic rings. The molecular weight excluding hydrogens is 232 g/mol. The number of carbonyl (C=O) groups is 1. The van der Waals surface area contributed by atoms with Crippen molar-refractivity contribution in [3.8, 4) is 5.75 Å². The Hall–Kier alpha value is -1.74. The van der Waals surface area contributed by atoms with Gasteiger partial charge in [0.2, 0.25) is 0 Å². The molecule has 2 nitrogen and oxygen atoms in total. The number of hydrogen-bond acceptors (Lipinski definition) is 3. The summed E-state index contributed by atoms with van der Waals surface area (Å²) in [5.74, 6) is 1.19. The summed E-state index contributed by atoms with van der Waals surface area (Å²) in [6.07, 6.45) is 8.81. The number of para-hydroxylation sites is 1. The normalized spacial score (nSPS) is 18.0. The number of hydrogen-bond donors (Lipinski definition) is 0. The zero-order valence-electron chi connectivity index (χ0n) is 9.05.